The van der Waals surface area contributed by atoms with Crippen LogP contribution in [0.1, 0.15) is 32.0 Å². The van der Waals surface area contributed by atoms with Gasteiger partial charge in [-0.05, 0) is 35.8 Å². The van der Waals surface area contributed by atoms with Crippen molar-refractivity contribution >= 4 is 15.9 Å². The average Bonchev–Trinajstić information content (AvgIpc) is 2.32. The fraction of sp³-hybridized carbons (Fsp3) is 0.667. The lowest BCUT2D eigenvalue weighted by atomic mass is 10.2. The smallest absolute Gasteiger partial charge is 0.267 e. The van der Waals surface area contributed by atoms with Gasteiger partial charge in [0, 0.05) is 19.3 Å². The van der Waals surface area contributed by atoms with Crippen LogP contribution in [-0.4, -0.2) is 22.6 Å². The van der Waals surface area contributed by atoms with E-state index in [2.05, 4.69) is 33.2 Å². The largest absolute Gasteiger partial charge is 0.315 e. The second kappa shape index (κ2) is 7.61. The molecule has 5 heteroatoms. The maximum atomic E-state index is 11.8. The average molecular weight is 302 g/mol. The molecule has 1 N–H and O–H groups in total. The summed E-state index contributed by atoms with van der Waals surface area (Å²) in [5, 5.41) is 3.34. The molecule has 0 saturated carbocycles. The first-order valence-corrected chi connectivity index (χ1v) is 6.88. The van der Waals surface area contributed by atoms with Gasteiger partial charge in [-0.25, -0.2) is 4.98 Å². The monoisotopic (exact) mass is 301 g/mol. The Kier molecular flexibility index (Phi) is 6.44. The van der Waals surface area contributed by atoms with Gasteiger partial charge >= 0.3 is 0 Å². The van der Waals surface area contributed by atoms with Crippen LogP contribution in [0.4, 0.5) is 0 Å². The first-order valence-electron chi connectivity index (χ1n) is 6.09. The summed E-state index contributed by atoms with van der Waals surface area (Å²) in [6.45, 7) is 6.54. The zero-order valence-electron chi connectivity index (χ0n) is 10.5. The summed E-state index contributed by atoms with van der Waals surface area (Å²) < 4.78 is 2.21. The number of hydrogen-bond donors (Lipinski definition) is 1. The standard InChI is InChI=1S/C12H20BrN3O/c1-3-4-5-6-14-7-8-16-10(2)15-9-11(13)12(16)17/h9,14H,3-8H2,1-2H3. The van der Waals surface area contributed by atoms with Crippen molar-refractivity contribution in [1.29, 1.82) is 0 Å². The third-order valence-corrected chi connectivity index (χ3v) is 3.22. The highest BCUT2D eigenvalue weighted by molar-refractivity contribution is 9.10. The van der Waals surface area contributed by atoms with E-state index >= 15 is 0 Å². The molecule has 0 fully saturated rings. The molecule has 0 unspecified atom stereocenters. The first-order chi connectivity index (χ1) is 8.16. The zero-order valence-corrected chi connectivity index (χ0v) is 12.1. The van der Waals surface area contributed by atoms with Gasteiger partial charge in [-0.1, -0.05) is 19.8 Å². The number of unbranched alkanes of at least 4 members (excludes halogenated alkanes) is 2. The van der Waals surface area contributed by atoms with Crippen molar-refractivity contribution in [3.8, 4) is 0 Å². The van der Waals surface area contributed by atoms with Crippen LogP contribution in [0.3, 0.4) is 0 Å². The Bertz CT molecular complexity index is 403. The highest BCUT2D eigenvalue weighted by Gasteiger charge is 2.04. The molecule has 0 aliphatic heterocycles. The van der Waals surface area contributed by atoms with E-state index in [1.807, 2.05) is 6.92 Å². The molecule has 0 aliphatic carbocycles. The maximum absolute atomic E-state index is 11.8. The van der Waals surface area contributed by atoms with Gasteiger partial charge in [0.25, 0.3) is 5.56 Å². The highest BCUT2D eigenvalue weighted by atomic mass is 79.9. The summed E-state index contributed by atoms with van der Waals surface area (Å²) in [4.78, 5) is 16.0. The summed E-state index contributed by atoms with van der Waals surface area (Å²) in [5.41, 5.74) is -0.00661. The molecule has 0 atom stereocenters. The van der Waals surface area contributed by atoms with Gasteiger partial charge in [0.1, 0.15) is 10.3 Å². The normalized spacial score (nSPS) is 10.8. The fourth-order valence-corrected chi connectivity index (χ4v) is 1.95. The molecular formula is C12H20BrN3O. The van der Waals surface area contributed by atoms with E-state index in [1.165, 1.54) is 19.3 Å². The molecule has 1 aromatic heterocycles. The topological polar surface area (TPSA) is 46.9 Å². The molecule has 0 aliphatic rings. The number of nitrogens with one attached hydrogen (secondary N) is 1. The third-order valence-electron chi connectivity index (χ3n) is 2.67. The van der Waals surface area contributed by atoms with Crippen molar-refractivity contribution in [2.24, 2.45) is 0 Å². The van der Waals surface area contributed by atoms with Crippen LogP contribution in [0, 0.1) is 6.92 Å². The summed E-state index contributed by atoms with van der Waals surface area (Å²) in [6, 6.07) is 0. The van der Waals surface area contributed by atoms with Crippen LogP contribution in [0.15, 0.2) is 15.5 Å². The van der Waals surface area contributed by atoms with Crippen LogP contribution in [0.25, 0.3) is 0 Å². The predicted molar refractivity (Wildman–Crippen MR) is 73.3 cm³/mol. The minimum atomic E-state index is -0.00661. The molecule has 1 heterocycles. The van der Waals surface area contributed by atoms with E-state index in [9.17, 15) is 4.79 Å². The number of hydrogen-bond acceptors (Lipinski definition) is 3. The van der Waals surface area contributed by atoms with Gasteiger partial charge in [-0.15, -0.1) is 0 Å². The van der Waals surface area contributed by atoms with Crippen molar-refractivity contribution in [2.75, 3.05) is 13.1 Å². The van der Waals surface area contributed by atoms with Crippen molar-refractivity contribution in [3.63, 3.8) is 0 Å². The maximum Gasteiger partial charge on any atom is 0.267 e. The molecule has 17 heavy (non-hydrogen) atoms. The second-order valence-electron chi connectivity index (χ2n) is 4.07. The Morgan fingerprint density at radius 1 is 1.41 bits per heavy atom. The Labute approximate surface area is 111 Å². The molecule has 0 radical (unpaired) electrons. The molecule has 0 saturated heterocycles. The molecular weight excluding hydrogens is 282 g/mol. The van der Waals surface area contributed by atoms with E-state index in [4.69, 9.17) is 0 Å². The van der Waals surface area contributed by atoms with Crippen LogP contribution >= 0.6 is 15.9 Å². The Morgan fingerprint density at radius 3 is 2.88 bits per heavy atom. The van der Waals surface area contributed by atoms with E-state index in [0.29, 0.717) is 11.0 Å². The summed E-state index contributed by atoms with van der Waals surface area (Å²) in [7, 11) is 0. The molecule has 0 aromatic carbocycles. The van der Waals surface area contributed by atoms with E-state index in [-0.39, 0.29) is 5.56 Å². The second-order valence-corrected chi connectivity index (χ2v) is 4.92. The van der Waals surface area contributed by atoms with Gasteiger partial charge < -0.3 is 5.32 Å². The van der Waals surface area contributed by atoms with Crippen LogP contribution < -0.4 is 10.9 Å². The number of nitrogens with zero attached hydrogens (tertiary/aromatic N) is 2. The minimum absolute atomic E-state index is 0.00661. The van der Waals surface area contributed by atoms with Crippen LogP contribution in [0.5, 0.6) is 0 Å². The third kappa shape index (κ3) is 4.60. The van der Waals surface area contributed by atoms with Crippen molar-refractivity contribution in [2.45, 2.75) is 39.7 Å². The van der Waals surface area contributed by atoms with Crippen molar-refractivity contribution < 1.29 is 0 Å². The predicted octanol–water partition coefficient (Wildman–Crippen LogP) is 2.09. The fourth-order valence-electron chi connectivity index (χ4n) is 1.63. The highest BCUT2D eigenvalue weighted by Crippen LogP contribution is 2.00. The Hall–Kier alpha value is -0.680. The number of halogens is 1. The van der Waals surface area contributed by atoms with E-state index < -0.39 is 0 Å². The Morgan fingerprint density at radius 2 is 2.18 bits per heavy atom. The SMILES string of the molecule is CCCCCNCCn1c(C)ncc(Br)c1=O. The Balaban J connectivity index is 2.42. The summed E-state index contributed by atoms with van der Waals surface area (Å²) in [5.74, 6) is 0.758. The lowest BCUT2D eigenvalue weighted by Crippen LogP contribution is -2.30. The quantitative estimate of drug-likeness (QED) is 0.785. The molecule has 0 spiro atoms. The van der Waals surface area contributed by atoms with Crippen LogP contribution in [-0.2, 0) is 6.54 Å². The lowest BCUT2D eigenvalue weighted by Gasteiger charge is -2.10. The van der Waals surface area contributed by atoms with Gasteiger partial charge in [0.2, 0.25) is 0 Å². The van der Waals surface area contributed by atoms with Gasteiger partial charge in [0.15, 0.2) is 0 Å². The van der Waals surface area contributed by atoms with Crippen LogP contribution in [0.2, 0.25) is 0 Å². The van der Waals surface area contributed by atoms with Gasteiger partial charge in [-0.3, -0.25) is 9.36 Å². The van der Waals surface area contributed by atoms with Gasteiger partial charge in [0.05, 0.1) is 0 Å². The number of rotatable bonds is 7. The van der Waals surface area contributed by atoms with Crippen molar-refractivity contribution in [1.82, 2.24) is 14.9 Å². The minimum Gasteiger partial charge on any atom is -0.315 e. The van der Waals surface area contributed by atoms with Crippen molar-refractivity contribution in [3.05, 3.63) is 26.8 Å². The number of aryl methyl sites for hydroxylation is 1. The molecule has 4 nitrogen and oxygen atoms in total. The summed E-state index contributed by atoms with van der Waals surface area (Å²) in [6.07, 6.45) is 5.24. The molecule has 96 valence electrons. The number of aromatic nitrogens is 2. The first kappa shape index (κ1) is 14.4. The lowest BCUT2D eigenvalue weighted by molar-refractivity contribution is 0.546. The van der Waals surface area contributed by atoms with E-state index in [1.54, 1.807) is 10.8 Å². The molecule has 1 aromatic rings. The van der Waals surface area contributed by atoms with Gasteiger partial charge in [-0.2, -0.15) is 0 Å². The molecule has 0 bridgehead atoms. The van der Waals surface area contributed by atoms with E-state index in [0.717, 1.165) is 18.9 Å². The summed E-state index contributed by atoms with van der Waals surface area (Å²) >= 11 is 3.21. The zero-order chi connectivity index (χ0) is 12.7. The molecule has 0 amide bonds. The molecule has 1 rings (SSSR count).